The van der Waals surface area contributed by atoms with Crippen molar-refractivity contribution in [1.82, 2.24) is 23.9 Å². The van der Waals surface area contributed by atoms with Crippen molar-refractivity contribution in [2.75, 3.05) is 49.0 Å². The molecule has 0 radical (unpaired) electrons. The van der Waals surface area contributed by atoms with Crippen LogP contribution in [0.15, 0.2) is 36.8 Å². The molecule has 3 aromatic rings. The van der Waals surface area contributed by atoms with Gasteiger partial charge in [-0.2, -0.15) is 0 Å². The number of halogens is 1. The first-order valence-electron chi connectivity index (χ1n) is 12.4. The van der Waals surface area contributed by atoms with Crippen molar-refractivity contribution < 1.29 is 19.2 Å². The number of nitrogens with zero attached hydrogens (tertiary/aromatic N) is 4. The number of aryl methyl sites for hydroxylation is 3. The molecule has 0 aromatic carbocycles. The van der Waals surface area contributed by atoms with E-state index in [1.807, 2.05) is 19.0 Å². The fraction of sp³-hybridized carbons (Fsp3) is 0.385. The highest BCUT2D eigenvalue weighted by atomic mass is 35.5. The number of anilines is 3. The highest BCUT2D eigenvalue weighted by Crippen LogP contribution is 2.19. The van der Waals surface area contributed by atoms with Gasteiger partial charge in [0.25, 0.3) is 17.7 Å². The SMILES string of the molecule is CN(C)CCCNC(=O)c1cc(NC(=O)c2cc(NC(=O)c3cc(NC(=O)CCCl)cn3C)cn2C)cn1C. The van der Waals surface area contributed by atoms with Crippen LogP contribution in [0, 0.1) is 0 Å². The van der Waals surface area contributed by atoms with Crippen molar-refractivity contribution in [3.8, 4) is 0 Å². The van der Waals surface area contributed by atoms with Gasteiger partial charge in [0.2, 0.25) is 5.91 Å². The van der Waals surface area contributed by atoms with Crippen molar-refractivity contribution in [3.63, 3.8) is 0 Å². The van der Waals surface area contributed by atoms with Gasteiger partial charge in [-0.3, -0.25) is 19.2 Å². The number of carbonyl (C=O) groups excluding carboxylic acids is 4. The van der Waals surface area contributed by atoms with Gasteiger partial charge in [0.1, 0.15) is 17.1 Å². The summed E-state index contributed by atoms with van der Waals surface area (Å²) >= 11 is 5.59. The minimum atomic E-state index is -0.405. The molecule has 3 rings (SSSR count). The van der Waals surface area contributed by atoms with Crippen LogP contribution in [0.4, 0.5) is 17.1 Å². The third-order valence-electron chi connectivity index (χ3n) is 5.90. The average molecular weight is 559 g/mol. The molecule has 13 heteroatoms. The number of alkyl halides is 1. The summed E-state index contributed by atoms with van der Waals surface area (Å²) in [7, 11) is 9.07. The average Bonchev–Trinajstić information content (AvgIpc) is 3.52. The lowest BCUT2D eigenvalue weighted by Gasteiger charge is -2.10. The maximum atomic E-state index is 13.0. The summed E-state index contributed by atoms with van der Waals surface area (Å²) in [4.78, 5) is 52.2. The second-order valence-electron chi connectivity index (χ2n) is 9.48. The van der Waals surface area contributed by atoms with E-state index >= 15 is 0 Å². The van der Waals surface area contributed by atoms with Crippen LogP contribution in [0.2, 0.25) is 0 Å². The second kappa shape index (κ2) is 13.2. The van der Waals surface area contributed by atoms with Gasteiger partial charge in [-0.25, -0.2) is 0 Å². The molecule has 0 unspecified atom stereocenters. The molecule has 0 saturated carbocycles. The minimum absolute atomic E-state index is 0.168. The number of carbonyl (C=O) groups is 4. The fourth-order valence-corrected chi connectivity index (χ4v) is 4.13. The quantitative estimate of drug-likeness (QED) is 0.200. The minimum Gasteiger partial charge on any atom is -0.351 e. The number of hydrogen-bond acceptors (Lipinski definition) is 5. The summed E-state index contributed by atoms with van der Waals surface area (Å²) in [6.07, 6.45) is 5.91. The van der Waals surface area contributed by atoms with Gasteiger partial charge in [-0.1, -0.05) is 0 Å². The maximum Gasteiger partial charge on any atom is 0.272 e. The first-order chi connectivity index (χ1) is 18.5. The normalized spacial score (nSPS) is 10.9. The molecule has 3 aromatic heterocycles. The number of nitrogens with one attached hydrogen (secondary N) is 4. The highest BCUT2D eigenvalue weighted by molar-refractivity contribution is 6.19. The Kier molecular flexibility index (Phi) is 9.96. The lowest BCUT2D eigenvalue weighted by molar-refractivity contribution is -0.115. The van der Waals surface area contributed by atoms with Crippen molar-refractivity contribution in [3.05, 3.63) is 53.9 Å². The van der Waals surface area contributed by atoms with Gasteiger partial charge in [0.15, 0.2) is 0 Å². The number of aromatic nitrogens is 3. The monoisotopic (exact) mass is 558 g/mol. The summed E-state index contributed by atoms with van der Waals surface area (Å²) < 4.78 is 4.84. The van der Waals surface area contributed by atoms with Crippen LogP contribution in [-0.2, 0) is 25.9 Å². The van der Waals surface area contributed by atoms with Crippen LogP contribution < -0.4 is 21.3 Å². The first-order valence-corrected chi connectivity index (χ1v) is 12.9. The van der Waals surface area contributed by atoms with E-state index in [1.165, 1.54) is 0 Å². The van der Waals surface area contributed by atoms with Crippen LogP contribution >= 0.6 is 11.6 Å². The number of rotatable bonds is 12. The van der Waals surface area contributed by atoms with E-state index in [2.05, 4.69) is 21.3 Å². The van der Waals surface area contributed by atoms with Crippen LogP contribution in [-0.4, -0.2) is 75.3 Å². The molecule has 0 bridgehead atoms. The molecule has 210 valence electrons. The summed E-state index contributed by atoms with van der Waals surface area (Å²) in [5, 5.41) is 11.2. The molecule has 0 spiro atoms. The van der Waals surface area contributed by atoms with E-state index in [0.29, 0.717) is 40.7 Å². The zero-order valence-corrected chi connectivity index (χ0v) is 23.6. The van der Waals surface area contributed by atoms with Crippen LogP contribution in [0.25, 0.3) is 0 Å². The van der Waals surface area contributed by atoms with E-state index in [0.717, 1.165) is 13.0 Å². The predicted octanol–water partition coefficient (Wildman–Crippen LogP) is 2.46. The van der Waals surface area contributed by atoms with Gasteiger partial charge in [-0.15, -0.1) is 11.6 Å². The molecule has 4 N–H and O–H groups in total. The summed E-state index contributed by atoms with van der Waals surface area (Å²) in [6.45, 7) is 1.42. The van der Waals surface area contributed by atoms with Gasteiger partial charge in [0.05, 0.1) is 17.1 Å². The molecule has 0 aliphatic carbocycles. The predicted molar refractivity (Wildman–Crippen MR) is 152 cm³/mol. The largest absolute Gasteiger partial charge is 0.351 e. The Labute approximate surface area is 232 Å². The molecule has 0 aliphatic heterocycles. The van der Waals surface area contributed by atoms with Gasteiger partial charge >= 0.3 is 0 Å². The van der Waals surface area contributed by atoms with E-state index in [9.17, 15) is 19.2 Å². The lowest BCUT2D eigenvalue weighted by Crippen LogP contribution is -2.28. The maximum absolute atomic E-state index is 13.0. The molecular formula is C26H35ClN8O4. The second-order valence-corrected chi connectivity index (χ2v) is 9.86. The third kappa shape index (κ3) is 7.98. The fourth-order valence-electron chi connectivity index (χ4n) is 3.96. The van der Waals surface area contributed by atoms with Crippen LogP contribution in [0.1, 0.15) is 44.3 Å². The smallest absolute Gasteiger partial charge is 0.272 e. The van der Waals surface area contributed by atoms with Crippen molar-refractivity contribution in [1.29, 1.82) is 0 Å². The molecule has 4 amide bonds. The summed E-state index contributed by atoms with van der Waals surface area (Å²) in [5.74, 6) is -1.06. The Morgan fingerprint density at radius 1 is 0.744 bits per heavy atom. The van der Waals surface area contributed by atoms with E-state index in [-0.39, 0.29) is 24.1 Å². The first kappa shape index (κ1) is 29.5. The molecule has 0 fully saturated rings. The van der Waals surface area contributed by atoms with Crippen LogP contribution in [0.3, 0.4) is 0 Å². The molecule has 3 heterocycles. The Bertz CT molecular complexity index is 1350. The Hall–Kier alpha value is -4.03. The molecule has 0 atom stereocenters. The van der Waals surface area contributed by atoms with E-state index in [4.69, 9.17) is 11.6 Å². The Balaban J connectivity index is 1.62. The Morgan fingerprint density at radius 2 is 1.18 bits per heavy atom. The number of amides is 4. The van der Waals surface area contributed by atoms with Crippen LogP contribution in [0.5, 0.6) is 0 Å². The molecule has 39 heavy (non-hydrogen) atoms. The molecule has 12 nitrogen and oxygen atoms in total. The highest BCUT2D eigenvalue weighted by Gasteiger charge is 2.18. The van der Waals surface area contributed by atoms with Gasteiger partial charge in [-0.05, 0) is 45.3 Å². The van der Waals surface area contributed by atoms with Crippen molar-refractivity contribution in [2.24, 2.45) is 21.1 Å². The third-order valence-corrected chi connectivity index (χ3v) is 6.09. The summed E-state index contributed by atoms with van der Waals surface area (Å²) in [5.41, 5.74) is 2.44. The van der Waals surface area contributed by atoms with Crippen molar-refractivity contribution >= 4 is 52.3 Å². The van der Waals surface area contributed by atoms with E-state index in [1.54, 1.807) is 71.6 Å². The zero-order chi connectivity index (χ0) is 28.7. The lowest BCUT2D eigenvalue weighted by atomic mass is 10.3. The topological polar surface area (TPSA) is 134 Å². The van der Waals surface area contributed by atoms with Crippen molar-refractivity contribution in [2.45, 2.75) is 12.8 Å². The molecule has 0 saturated heterocycles. The zero-order valence-electron chi connectivity index (χ0n) is 22.8. The van der Waals surface area contributed by atoms with Gasteiger partial charge in [0, 0.05) is 58.6 Å². The van der Waals surface area contributed by atoms with E-state index < -0.39 is 11.8 Å². The van der Waals surface area contributed by atoms with Gasteiger partial charge < -0.3 is 39.9 Å². The standard InChI is InChI=1S/C26H35ClN8O4/c1-32(2)10-6-9-28-24(37)20-12-18(15-33(20)3)30-26(39)22-13-19(16-35(22)5)31-25(38)21-11-17(14-34(21)4)29-23(36)7-8-27/h11-16H,6-10H2,1-5H3,(H,28,37)(H,29,36)(H,30,39)(H,31,38). The number of hydrogen-bond donors (Lipinski definition) is 4. The molecular weight excluding hydrogens is 524 g/mol. The summed E-state index contributed by atoms with van der Waals surface area (Å²) in [6, 6.07) is 4.73. The Morgan fingerprint density at radius 3 is 1.62 bits per heavy atom. The molecule has 0 aliphatic rings.